The number of ether oxygens (including phenoxy) is 1. The van der Waals surface area contributed by atoms with E-state index in [-0.39, 0.29) is 18.2 Å². The molecule has 2 N–H and O–H groups in total. The van der Waals surface area contributed by atoms with Crippen LogP contribution in [0, 0.1) is 5.41 Å². The second-order valence-electron chi connectivity index (χ2n) is 6.27. The minimum Gasteiger partial charge on any atom is -0.461 e. The molecule has 6 nitrogen and oxygen atoms in total. The number of nitrogens with one attached hydrogen (secondary N) is 2. The molecule has 0 saturated carbocycles. The van der Waals surface area contributed by atoms with E-state index in [2.05, 4.69) is 15.5 Å². The van der Waals surface area contributed by atoms with Crippen LogP contribution in [0.1, 0.15) is 43.7 Å². The first kappa shape index (κ1) is 18.0. The zero-order valence-corrected chi connectivity index (χ0v) is 14.8. The maximum atomic E-state index is 12.1. The number of nitrogens with zero attached hydrogens (tertiary/aromatic N) is 1. The van der Waals surface area contributed by atoms with Crippen LogP contribution in [0.2, 0.25) is 5.02 Å². The molecule has 2 rings (SSSR count). The SMILES string of the molecule is CCOC(=O)c1[nH]c2cc(Cl)ccc2c1/C=N/NC(=O)C(C)(C)C. The number of aromatic nitrogens is 1. The van der Waals surface area contributed by atoms with Gasteiger partial charge in [-0.3, -0.25) is 4.79 Å². The van der Waals surface area contributed by atoms with E-state index in [9.17, 15) is 9.59 Å². The molecular weight excluding hydrogens is 330 g/mol. The Morgan fingerprint density at radius 3 is 2.71 bits per heavy atom. The largest absolute Gasteiger partial charge is 0.461 e. The molecule has 1 aromatic heterocycles. The van der Waals surface area contributed by atoms with Crippen molar-refractivity contribution in [3.63, 3.8) is 0 Å². The highest BCUT2D eigenvalue weighted by molar-refractivity contribution is 6.31. The molecule has 0 aliphatic carbocycles. The van der Waals surface area contributed by atoms with Crippen molar-refractivity contribution in [2.45, 2.75) is 27.7 Å². The lowest BCUT2D eigenvalue weighted by molar-refractivity contribution is -0.128. The van der Waals surface area contributed by atoms with Gasteiger partial charge >= 0.3 is 5.97 Å². The van der Waals surface area contributed by atoms with Crippen LogP contribution in [0.4, 0.5) is 0 Å². The summed E-state index contributed by atoms with van der Waals surface area (Å²) in [5, 5.41) is 5.28. The smallest absolute Gasteiger partial charge is 0.355 e. The minimum absolute atomic E-state index is 0.223. The number of hydrazone groups is 1. The summed E-state index contributed by atoms with van der Waals surface area (Å²) in [6.45, 7) is 7.35. The number of esters is 1. The highest BCUT2D eigenvalue weighted by Crippen LogP contribution is 2.25. The van der Waals surface area contributed by atoms with Crippen LogP contribution in [0.15, 0.2) is 23.3 Å². The second kappa shape index (κ2) is 7.05. The molecule has 24 heavy (non-hydrogen) atoms. The number of fused-ring (bicyclic) bond motifs is 1. The van der Waals surface area contributed by atoms with Crippen LogP contribution in [-0.2, 0) is 9.53 Å². The van der Waals surface area contributed by atoms with Crippen molar-refractivity contribution in [2.24, 2.45) is 10.5 Å². The number of halogens is 1. The van der Waals surface area contributed by atoms with Crippen LogP contribution in [0.3, 0.4) is 0 Å². The molecule has 0 fully saturated rings. The van der Waals surface area contributed by atoms with Gasteiger partial charge < -0.3 is 9.72 Å². The van der Waals surface area contributed by atoms with Crippen molar-refractivity contribution in [3.05, 3.63) is 34.5 Å². The van der Waals surface area contributed by atoms with Crippen molar-refractivity contribution in [1.82, 2.24) is 10.4 Å². The number of amides is 1. The summed E-state index contributed by atoms with van der Waals surface area (Å²) in [5.41, 5.74) is 3.41. The molecule has 1 amide bonds. The predicted molar refractivity (Wildman–Crippen MR) is 94.5 cm³/mol. The van der Waals surface area contributed by atoms with Gasteiger partial charge in [-0.15, -0.1) is 0 Å². The van der Waals surface area contributed by atoms with Crippen LogP contribution in [0.25, 0.3) is 10.9 Å². The molecule has 0 radical (unpaired) electrons. The lowest BCUT2D eigenvalue weighted by Crippen LogP contribution is -2.31. The lowest BCUT2D eigenvalue weighted by atomic mass is 9.96. The zero-order valence-electron chi connectivity index (χ0n) is 14.1. The quantitative estimate of drug-likeness (QED) is 0.503. The molecule has 2 aromatic rings. The number of carbonyl (C=O) groups is 2. The Morgan fingerprint density at radius 1 is 1.38 bits per heavy atom. The summed E-state index contributed by atoms with van der Waals surface area (Å²) in [6.07, 6.45) is 1.43. The van der Waals surface area contributed by atoms with Crippen LogP contribution < -0.4 is 5.43 Å². The molecule has 0 spiro atoms. The zero-order chi connectivity index (χ0) is 17.9. The summed E-state index contributed by atoms with van der Waals surface area (Å²) >= 11 is 5.99. The Kier molecular flexibility index (Phi) is 5.29. The molecule has 1 heterocycles. The van der Waals surface area contributed by atoms with Gasteiger partial charge in [0.1, 0.15) is 5.69 Å². The Balaban J connectivity index is 2.41. The van der Waals surface area contributed by atoms with Crippen LogP contribution >= 0.6 is 11.6 Å². The standard InChI is InChI=1S/C17H20ClN3O3/c1-5-24-15(22)14-12(9-19-21-16(23)17(2,3)4)11-7-6-10(18)8-13(11)20-14/h6-9,20H,5H2,1-4H3,(H,21,23)/b19-9+. The molecule has 0 aliphatic heterocycles. The van der Waals surface area contributed by atoms with E-state index in [1.807, 2.05) is 0 Å². The Labute approximate surface area is 145 Å². The van der Waals surface area contributed by atoms with E-state index in [1.165, 1.54) is 6.21 Å². The summed E-state index contributed by atoms with van der Waals surface area (Å²) in [4.78, 5) is 27.0. The van der Waals surface area contributed by atoms with Gasteiger partial charge in [0.15, 0.2) is 0 Å². The lowest BCUT2D eigenvalue weighted by Gasteiger charge is -2.14. The van der Waals surface area contributed by atoms with E-state index in [4.69, 9.17) is 16.3 Å². The first-order valence-electron chi connectivity index (χ1n) is 7.56. The summed E-state index contributed by atoms with van der Waals surface area (Å²) < 4.78 is 5.06. The van der Waals surface area contributed by atoms with Crippen molar-refractivity contribution in [2.75, 3.05) is 6.61 Å². The molecule has 1 aromatic carbocycles. The van der Waals surface area contributed by atoms with Gasteiger partial charge in [0.25, 0.3) is 0 Å². The van der Waals surface area contributed by atoms with Crippen molar-refractivity contribution in [1.29, 1.82) is 0 Å². The fraction of sp³-hybridized carbons (Fsp3) is 0.353. The average molecular weight is 350 g/mol. The topological polar surface area (TPSA) is 83.6 Å². The van der Waals surface area contributed by atoms with Gasteiger partial charge in [0, 0.05) is 26.9 Å². The van der Waals surface area contributed by atoms with Crippen molar-refractivity contribution < 1.29 is 14.3 Å². The van der Waals surface area contributed by atoms with Gasteiger partial charge in [-0.25, -0.2) is 10.2 Å². The van der Waals surface area contributed by atoms with E-state index in [0.29, 0.717) is 16.1 Å². The molecule has 0 unspecified atom stereocenters. The average Bonchev–Trinajstić information content (AvgIpc) is 2.84. The second-order valence-corrected chi connectivity index (χ2v) is 6.71. The number of benzene rings is 1. The minimum atomic E-state index is -0.560. The van der Waals surface area contributed by atoms with Gasteiger partial charge in [-0.1, -0.05) is 38.4 Å². The van der Waals surface area contributed by atoms with Crippen molar-refractivity contribution in [3.8, 4) is 0 Å². The third-order valence-electron chi connectivity index (χ3n) is 3.32. The fourth-order valence-corrected chi connectivity index (χ4v) is 2.19. The monoisotopic (exact) mass is 349 g/mol. The third kappa shape index (κ3) is 3.94. The Hall–Kier alpha value is -2.34. The molecular formula is C17H20ClN3O3. The number of hydrogen-bond acceptors (Lipinski definition) is 4. The van der Waals surface area contributed by atoms with E-state index < -0.39 is 11.4 Å². The third-order valence-corrected chi connectivity index (χ3v) is 3.56. The maximum absolute atomic E-state index is 12.1. The summed E-state index contributed by atoms with van der Waals surface area (Å²) in [6, 6.07) is 5.21. The normalized spacial score (nSPS) is 11.9. The maximum Gasteiger partial charge on any atom is 0.355 e. The van der Waals surface area contributed by atoms with E-state index in [0.717, 1.165) is 5.39 Å². The first-order valence-corrected chi connectivity index (χ1v) is 7.93. The van der Waals surface area contributed by atoms with Crippen LogP contribution in [-0.4, -0.2) is 29.7 Å². The number of aromatic amines is 1. The Morgan fingerprint density at radius 2 is 2.08 bits per heavy atom. The molecule has 128 valence electrons. The highest BCUT2D eigenvalue weighted by atomic mass is 35.5. The number of hydrogen-bond donors (Lipinski definition) is 2. The highest BCUT2D eigenvalue weighted by Gasteiger charge is 2.21. The van der Waals surface area contributed by atoms with E-state index >= 15 is 0 Å². The predicted octanol–water partition coefficient (Wildman–Crippen LogP) is 3.49. The number of rotatable bonds is 4. The number of carbonyl (C=O) groups excluding carboxylic acids is 2. The van der Waals surface area contributed by atoms with Gasteiger partial charge in [-0.2, -0.15) is 5.10 Å². The van der Waals surface area contributed by atoms with E-state index in [1.54, 1.807) is 45.9 Å². The van der Waals surface area contributed by atoms with Crippen molar-refractivity contribution >= 4 is 40.6 Å². The van der Waals surface area contributed by atoms with Gasteiger partial charge in [0.05, 0.1) is 12.8 Å². The molecule has 0 atom stereocenters. The Bertz CT molecular complexity index is 803. The summed E-state index contributed by atoms with van der Waals surface area (Å²) in [7, 11) is 0. The van der Waals surface area contributed by atoms with Gasteiger partial charge in [0.2, 0.25) is 5.91 Å². The molecule has 0 bridgehead atoms. The molecule has 0 saturated heterocycles. The number of H-pyrrole nitrogens is 1. The van der Waals surface area contributed by atoms with Gasteiger partial charge in [-0.05, 0) is 19.1 Å². The first-order chi connectivity index (χ1) is 11.2. The molecule has 7 heteroatoms. The van der Waals surface area contributed by atoms with Crippen LogP contribution in [0.5, 0.6) is 0 Å². The molecule has 0 aliphatic rings. The fourth-order valence-electron chi connectivity index (χ4n) is 2.01. The summed E-state index contributed by atoms with van der Waals surface area (Å²) in [5.74, 6) is -0.715.